The van der Waals surface area contributed by atoms with Crippen molar-refractivity contribution in [3.05, 3.63) is 29.6 Å². The van der Waals surface area contributed by atoms with Gasteiger partial charge in [-0.15, -0.1) is 0 Å². The van der Waals surface area contributed by atoms with Crippen molar-refractivity contribution in [3.63, 3.8) is 0 Å². The van der Waals surface area contributed by atoms with Crippen LogP contribution in [0, 0.1) is 5.82 Å². The minimum Gasteiger partial charge on any atom is -0.389 e. The highest BCUT2D eigenvalue weighted by molar-refractivity contribution is 7.91. The van der Waals surface area contributed by atoms with Crippen LogP contribution in [0.15, 0.2) is 18.2 Å². The lowest BCUT2D eigenvalue weighted by Crippen LogP contribution is -2.41. The van der Waals surface area contributed by atoms with Crippen molar-refractivity contribution in [2.45, 2.75) is 13.0 Å². The summed E-state index contributed by atoms with van der Waals surface area (Å²) in [5.41, 5.74) is 0.816. The molecule has 1 aliphatic heterocycles. The summed E-state index contributed by atoms with van der Waals surface area (Å²) in [7, 11) is -3.00. The molecule has 1 fully saturated rings. The van der Waals surface area contributed by atoms with Crippen LogP contribution in [0.4, 0.5) is 10.1 Å². The van der Waals surface area contributed by atoms with Crippen LogP contribution < -0.4 is 4.90 Å². The van der Waals surface area contributed by atoms with Crippen LogP contribution in [0.3, 0.4) is 0 Å². The van der Waals surface area contributed by atoms with Gasteiger partial charge in [0.2, 0.25) is 0 Å². The molecule has 2 rings (SSSR count). The molecule has 1 aromatic rings. The number of hydrogen-bond donors (Lipinski definition) is 1. The van der Waals surface area contributed by atoms with E-state index in [1.54, 1.807) is 24.0 Å². The van der Waals surface area contributed by atoms with E-state index in [0.29, 0.717) is 11.3 Å². The molecule has 1 aliphatic rings. The molecule has 1 heterocycles. The minimum atomic E-state index is -3.00. The second-order valence-electron chi connectivity index (χ2n) is 4.49. The molecular formula is C12H16FNO3S. The van der Waals surface area contributed by atoms with Crippen LogP contribution in [0.1, 0.15) is 18.6 Å². The highest BCUT2D eigenvalue weighted by atomic mass is 32.2. The fourth-order valence-corrected chi connectivity index (χ4v) is 3.34. The summed E-state index contributed by atoms with van der Waals surface area (Å²) in [6.07, 6.45) is -0.783. The molecule has 0 saturated carbocycles. The first-order valence-electron chi connectivity index (χ1n) is 5.82. The van der Waals surface area contributed by atoms with E-state index < -0.39 is 21.8 Å². The number of nitrogens with zero attached hydrogens (tertiary/aromatic N) is 1. The van der Waals surface area contributed by atoms with Crippen molar-refractivity contribution in [2.24, 2.45) is 0 Å². The Bertz CT molecular complexity index is 528. The first-order chi connectivity index (χ1) is 8.41. The van der Waals surface area contributed by atoms with Crippen LogP contribution in [-0.2, 0) is 9.84 Å². The Hall–Kier alpha value is -1.14. The molecule has 1 atom stereocenters. The van der Waals surface area contributed by atoms with E-state index in [9.17, 15) is 17.9 Å². The summed E-state index contributed by atoms with van der Waals surface area (Å²) in [5, 5.41) is 9.65. The van der Waals surface area contributed by atoms with Crippen LogP contribution in [-0.4, -0.2) is 38.1 Å². The molecule has 100 valence electrons. The summed E-state index contributed by atoms with van der Waals surface area (Å²) < 4.78 is 36.6. The average molecular weight is 273 g/mol. The third kappa shape index (κ3) is 2.64. The lowest BCUT2D eigenvalue weighted by Gasteiger charge is -2.31. The Morgan fingerprint density at radius 1 is 1.33 bits per heavy atom. The Morgan fingerprint density at radius 3 is 2.50 bits per heavy atom. The van der Waals surface area contributed by atoms with Crippen molar-refractivity contribution in [3.8, 4) is 0 Å². The van der Waals surface area contributed by atoms with Crippen LogP contribution in [0.5, 0.6) is 0 Å². The van der Waals surface area contributed by atoms with Gasteiger partial charge in [0.15, 0.2) is 9.84 Å². The topological polar surface area (TPSA) is 57.6 Å². The fraction of sp³-hybridized carbons (Fsp3) is 0.500. The molecular weight excluding hydrogens is 257 g/mol. The average Bonchev–Trinajstić information content (AvgIpc) is 2.29. The summed E-state index contributed by atoms with van der Waals surface area (Å²) in [6.45, 7) is 2.10. The quantitative estimate of drug-likeness (QED) is 0.877. The van der Waals surface area contributed by atoms with Crippen LogP contribution >= 0.6 is 0 Å². The maximum absolute atomic E-state index is 13.9. The van der Waals surface area contributed by atoms with Crippen LogP contribution in [0.2, 0.25) is 0 Å². The Balaban J connectivity index is 2.34. The summed E-state index contributed by atoms with van der Waals surface area (Å²) in [6, 6.07) is 4.53. The van der Waals surface area contributed by atoms with Crippen molar-refractivity contribution in [2.75, 3.05) is 29.5 Å². The lowest BCUT2D eigenvalue weighted by atomic mass is 10.1. The number of aliphatic hydroxyl groups is 1. The number of aliphatic hydroxyl groups excluding tert-OH is 1. The molecule has 0 radical (unpaired) electrons. The normalized spacial score (nSPS) is 20.7. The van der Waals surface area contributed by atoms with Gasteiger partial charge in [0.05, 0.1) is 23.3 Å². The molecule has 4 nitrogen and oxygen atoms in total. The van der Waals surface area contributed by atoms with E-state index in [1.807, 2.05) is 0 Å². The zero-order valence-electron chi connectivity index (χ0n) is 10.1. The first kappa shape index (κ1) is 13.3. The highest BCUT2D eigenvalue weighted by Crippen LogP contribution is 2.30. The van der Waals surface area contributed by atoms with Gasteiger partial charge in [-0.3, -0.25) is 0 Å². The molecule has 0 unspecified atom stereocenters. The number of halogens is 1. The van der Waals surface area contributed by atoms with Gasteiger partial charge in [-0.05, 0) is 13.0 Å². The van der Waals surface area contributed by atoms with Gasteiger partial charge in [-0.25, -0.2) is 12.8 Å². The van der Waals surface area contributed by atoms with Crippen LogP contribution in [0.25, 0.3) is 0 Å². The molecule has 0 spiro atoms. The van der Waals surface area contributed by atoms with Gasteiger partial charge in [-0.2, -0.15) is 0 Å². The maximum Gasteiger partial charge on any atom is 0.153 e. The third-order valence-electron chi connectivity index (χ3n) is 3.13. The zero-order chi connectivity index (χ0) is 13.3. The van der Waals surface area contributed by atoms with Crippen molar-refractivity contribution < 1.29 is 17.9 Å². The molecule has 1 N–H and O–H groups in total. The second kappa shape index (κ2) is 4.85. The standard InChI is InChI=1S/C12H16FNO3S/c1-9(15)10-3-2-4-11(13)12(10)14-5-7-18(16,17)8-6-14/h2-4,9,15H,5-8H2,1H3/t9-/m1/s1. The molecule has 1 aromatic carbocycles. The second-order valence-corrected chi connectivity index (χ2v) is 6.80. The number of sulfone groups is 1. The fourth-order valence-electron chi connectivity index (χ4n) is 2.14. The Labute approximate surface area is 106 Å². The van der Waals surface area contributed by atoms with E-state index in [4.69, 9.17) is 0 Å². The zero-order valence-corrected chi connectivity index (χ0v) is 11.0. The highest BCUT2D eigenvalue weighted by Gasteiger charge is 2.26. The third-order valence-corrected chi connectivity index (χ3v) is 4.74. The monoisotopic (exact) mass is 273 g/mol. The molecule has 0 aliphatic carbocycles. The number of hydrogen-bond acceptors (Lipinski definition) is 4. The summed E-state index contributed by atoms with van der Waals surface area (Å²) >= 11 is 0. The number of rotatable bonds is 2. The lowest BCUT2D eigenvalue weighted by molar-refractivity contribution is 0.199. The van der Waals surface area contributed by atoms with Crippen molar-refractivity contribution >= 4 is 15.5 Å². The molecule has 1 saturated heterocycles. The minimum absolute atomic E-state index is 0.0284. The van der Waals surface area contributed by atoms with E-state index in [0.717, 1.165) is 0 Å². The number of anilines is 1. The summed E-state index contributed by atoms with van der Waals surface area (Å²) in [5.74, 6) is -0.367. The first-order valence-corrected chi connectivity index (χ1v) is 7.65. The van der Waals surface area contributed by atoms with Gasteiger partial charge in [0.1, 0.15) is 5.82 Å². The van der Waals surface area contributed by atoms with E-state index >= 15 is 0 Å². The van der Waals surface area contributed by atoms with E-state index in [2.05, 4.69) is 0 Å². The summed E-state index contributed by atoms with van der Waals surface area (Å²) in [4.78, 5) is 1.69. The predicted molar refractivity (Wildman–Crippen MR) is 67.9 cm³/mol. The van der Waals surface area contributed by atoms with Crippen molar-refractivity contribution in [1.29, 1.82) is 0 Å². The van der Waals surface area contributed by atoms with E-state index in [1.165, 1.54) is 6.07 Å². The molecule has 18 heavy (non-hydrogen) atoms. The van der Waals surface area contributed by atoms with Gasteiger partial charge in [-0.1, -0.05) is 12.1 Å². The smallest absolute Gasteiger partial charge is 0.153 e. The van der Waals surface area contributed by atoms with Gasteiger partial charge in [0.25, 0.3) is 0 Å². The van der Waals surface area contributed by atoms with Gasteiger partial charge >= 0.3 is 0 Å². The van der Waals surface area contributed by atoms with Crippen molar-refractivity contribution in [1.82, 2.24) is 0 Å². The Morgan fingerprint density at radius 2 is 1.94 bits per heavy atom. The number of benzene rings is 1. The van der Waals surface area contributed by atoms with Gasteiger partial charge < -0.3 is 10.0 Å². The van der Waals surface area contributed by atoms with E-state index in [-0.39, 0.29) is 24.6 Å². The SMILES string of the molecule is C[C@@H](O)c1cccc(F)c1N1CCS(=O)(=O)CC1. The maximum atomic E-state index is 13.9. The Kier molecular flexibility index (Phi) is 3.59. The molecule has 0 amide bonds. The number of para-hydroxylation sites is 1. The molecule has 0 bridgehead atoms. The predicted octanol–water partition coefficient (Wildman–Crippen LogP) is 1.11. The molecule has 6 heteroatoms. The van der Waals surface area contributed by atoms with Gasteiger partial charge in [0, 0.05) is 18.7 Å². The molecule has 0 aromatic heterocycles. The largest absolute Gasteiger partial charge is 0.389 e.